The summed E-state index contributed by atoms with van der Waals surface area (Å²) in [6.07, 6.45) is 2.13. The molecule has 0 amide bonds. The van der Waals surface area contributed by atoms with Crippen molar-refractivity contribution < 1.29 is 4.57 Å². The van der Waals surface area contributed by atoms with Crippen LogP contribution in [-0.2, 0) is 7.05 Å². The van der Waals surface area contributed by atoms with Crippen LogP contribution in [0.2, 0.25) is 0 Å². The van der Waals surface area contributed by atoms with Gasteiger partial charge in [0, 0.05) is 11.6 Å². The summed E-state index contributed by atoms with van der Waals surface area (Å²) in [5.41, 5.74) is 5.24. The van der Waals surface area contributed by atoms with Crippen LogP contribution in [0.5, 0.6) is 0 Å². The fraction of sp³-hybridized carbons (Fsp3) is 0.167. The van der Waals surface area contributed by atoms with Crippen molar-refractivity contribution in [3.8, 4) is 11.3 Å². The maximum Gasteiger partial charge on any atom is 0.220 e. The summed E-state index contributed by atoms with van der Waals surface area (Å²) in [7, 11) is 2.11. The second-order valence-corrected chi connectivity index (χ2v) is 5.16. The minimum Gasteiger partial charge on any atom is -0.200 e. The molecule has 94 valence electrons. The lowest BCUT2D eigenvalue weighted by Gasteiger charge is -2.07. The van der Waals surface area contributed by atoms with Crippen LogP contribution >= 0.6 is 0 Å². The van der Waals surface area contributed by atoms with Crippen LogP contribution in [0.15, 0.2) is 54.7 Å². The van der Waals surface area contributed by atoms with Crippen LogP contribution in [0.3, 0.4) is 0 Å². The van der Waals surface area contributed by atoms with Crippen molar-refractivity contribution >= 4 is 10.8 Å². The molecule has 0 saturated heterocycles. The maximum absolute atomic E-state index is 2.27. The van der Waals surface area contributed by atoms with Gasteiger partial charge in [0.15, 0.2) is 6.20 Å². The molecule has 0 fully saturated rings. The topological polar surface area (TPSA) is 3.88 Å². The Hall–Kier alpha value is -2.15. The molecule has 0 aliphatic rings. The average molecular weight is 248 g/mol. The minimum absolute atomic E-state index is 1.28. The SMILES string of the molecule is Cc1ccc(-c2c3ccccc3cc[n+]2C)cc1C. The Balaban J connectivity index is 2.34. The van der Waals surface area contributed by atoms with Gasteiger partial charge >= 0.3 is 0 Å². The van der Waals surface area contributed by atoms with Gasteiger partial charge in [-0.1, -0.05) is 24.3 Å². The first-order valence-corrected chi connectivity index (χ1v) is 6.62. The summed E-state index contributed by atoms with van der Waals surface area (Å²) in [5, 5.41) is 2.59. The highest BCUT2D eigenvalue weighted by Crippen LogP contribution is 2.26. The highest BCUT2D eigenvalue weighted by atomic mass is 14.9. The maximum atomic E-state index is 2.27. The van der Waals surface area contributed by atoms with E-state index < -0.39 is 0 Å². The van der Waals surface area contributed by atoms with Crippen molar-refractivity contribution in [2.24, 2.45) is 7.05 Å². The molecule has 3 rings (SSSR count). The normalized spacial score (nSPS) is 10.9. The molecule has 0 radical (unpaired) electrons. The van der Waals surface area contributed by atoms with Crippen LogP contribution in [0, 0.1) is 13.8 Å². The third kappa shape index (κ3) is 2.01. The van der Waals surface area contributed by atoms with Gasteiger partial charge in [0.1, 0.15) is 7.05 Å². The molecule has 0 bridgehead atoms. The van der Waals surface area contributed by atoms with Crippen LogP contribution in [-0.4, -0.2) is 0 Å². The van der Waals surface area contributed by atoms with Crippen molar-refractivity contribution in [3.63, 3.8) is 0 Å². The van der Waals surface area contributed by atoms with E-state index in [1.807, 2.05) is 0 Å². The molecule has 1 heterocycles. The summed E-state index contributed by atoms with van der Waals surface area (Å²) in [4.78, 5) is 0. The zero-order chi connectivity index (χ0) is 13.4. The fourth-order valence-electron chi connectivity index (χ4n) is 2.56. The molecule has 0 N–H and O–H groups in total. The Morgan fingerprint density at radius 1 is 0.842 bits per heavy atom. The molecule has 0 saturated carbocycles. The van der Waals surface area contributed by atoms with E-state index in [-0.39, 0.29) is 0 Å². The van der Waals surface area contributed by atoms with E-state index in [9.17, 15) is 0 Å². The first-order valence-electron chi connectivity index (χ1n) is 6.62. The van der Waals surface area contributed by atoms with E-state index >= 15 is 0 Å². The molecule has 1 nitrogen and oxygen atoms in total. The Kier molecular flexibility index (Phi) is 2.83. The summed E-state index contributed by atoms with van der Waals surface area (Å²) in [6.45, 7) is 4.33. The fourth-order valence-corrected chi connectivity index (χ4v) is 2.56. The van der Waals surface area contributed by atoms with Gasteiger partial charge in [0.05, 0.1) is 5.39 Å². The average Bonchev–Trinajstić information content (AvgIpc) is 2.42. The van der Waals surface area contributed by atoms with Crippen LogP contribution in [0.25, 0.3) is 22.0 Å². The number of benzene rings is 2. The lowest BCUT2D eigenvalue weighted by atomic mass is 10.00. The van der Waals surface area contributed by atoms with Gasteiger partial charge in [-0.3, -0.25) is 0 Å². The van der Waals surface area contributed by atoms with Crippen LogP contribution in [0.4, 0.5) is 0 Å². The molecule has 1 heteroatoms. The number of fused-ring (bicyclic) bond motifs is 1. The van der Waals surface area contributed by atoms with Gasteiger partial charge in [0.25, 0.3) is 0 Å². The lowest BCUT2D eigenvalue weighted by Crippen LogP contribution is -2.30. The lowest BCUT2D eigenvalue weighted by molar-refractivity contribution is -0.659. The Morgan fingerprint density at radius 3 is 2.42 bits per heavy atom. The molecule has 0 spiro atoms. The van der Waals surface area contributed by atoms with Crippen LogP contribution < -0.4 is 4.57 Å². The zero-order valence-electron chi connectivity index (χ0n) is 11.6. The third-order valence-electron chi connectivity index (χ3n) is 3.83. The predicted octanol–water partition coefficient (Wildman–Crippen LogP) is 3.95. The van der Waals surface area contributed by atoms with E-state index in [0.717, 1.165) is 0 Å². The molecule has 3 aromatic rings. The smallest absolute Gasteiger partial charge is 0.200 e. The monoisotopic (exact) mass is 248 g/mol. The number of aryl methyl sites for hydroxylation is 3. The highest BCUT2D eigenvalue weighted by molar-refractivity contribution is 5.92. The van der Waals surface area contributed by atoms with Gasteiger partial charge < -0.3 is 0 Å². The summed E-state index contributed by atoms with van der Waals surface area (Å²) >= 11 is 0. The number of hydrogen-bond acceptors (Lipinski definition) is 0. The standard InChI is InChI=1S/C18H18N/c1-13-8-9-16(12-14(13)2)18-17-7-5-4-6-15(17)10-11-19(18)3/h4-12H,1-3H3/q+1. The molecule has 2 aromatic carbocycles. The van der Waals surface area contributed by atoms with E-state index in [4.69, 9.17) is 0 Å². The molecular weight excluding hydrogens is 230 g/mol. The molecule has 0 aliphatic heterocycles. The first kappa shape index (κ1) is 11.9. The minimum atomic E-state index is 1.28. The molecule has 0 aliphatic carbocycles. The zero-order valence-corrected chi connectivity index (χ0v) is 11.6. The molecule has 0 atom stereocenters. The Labute approximate surface area is 114 Å². The summed E-state index contributed by atoms with van der Waals surface area (Å²) in [6, 6.07) is 17.4. The van der Waals surface area contributed by atoms with E-state index in [1.54, 1.807) is 0 Å². The van der Waals surface area contributed by atoms with Gasteiger partial charge in [-0.25, -0.2) is 4.57 Å². The van der Waals surface area contributed by atoms with Gasteiger partial charge in [-0.2, -0.15) is 0 Å². The van der Waals surface area contributed by atoms with E-state index in [1.165, 1.54) is 33.2 Å². The first-order chi connectivity index (χ1) is 9.16. The number of aromatic nitrogens is 1. The van der Waals surface area contributed by atoms with Crippen molar-refractivity contribution in [3.05, 3.63) is 65.9 Å². The molecule has 19 heavy (non-hydrogen) atoms. The van der Waals surface area contributed by atoms with E-state index in [0.29, 0.717) is 0 Å². The number of rotatable bonds is 1. The number of pyridine rings is 1. The molecule has 0 unspecified atom stereocenters. The molecular formula is C18H18N+. The van der Waals surface area contributed by atoms with Gasteiger partial charge in [-0.05, 0) is 48.6 Å². The van der Waals surface area contributed by atoms with Crippen molar-refractivity contribution in [1.82, 2.24) is 0 Å². The Morgan fingerprint density at radius 2 is 1.63 bits per heavy atom. The highest BCUT2D eigenvalue weighted by Gasteiger charge is 2.14. The quantitative estimate of drug-likeness (QED) is 0.574. The summed E-state index contributed by atoms with van der Waals surface area (Å²) < 4.78 is 2.20. The van der Waals surface area contributed by atoms with Crippen molar-refractivity contribution in [2.75, 3.05) is 0 Å². The Bertz CT molecular complexity index is 757. The van der Waals surface area contributed by atoms with E-state index in [2.05, 4.69) is 80.2 Å². The van der Waals surface area contributed by atoms with Gasteiger partial charge in [0.2, 0.25) is 5.69 Å². The second kappa shape index (κ2) is 4.51. The second-order valence-electron chi connectivity index (χ2n) is 5.16. The van der Waals surface area contributed by atoms with Crippen molar-refractivity contribution in [2.45, 2.75) is 13.8 Å². The number of nitrogens with zero attached hydrogens (tertiary/aromatic N) is 1. The van der Waals surface area contributed by atoms with Crippen molar-refractivity contribution in [1.29, 1.82) is 0 Å². The number of hydrogen-bond donors (Lipinski definition) is 0. The predicted molar refractivity (Wildman–Crippen MR) is 80.0 cm³/mol. The van der Waals surface area contributed by atoms with Gasteiger partial charge in [-0.15, -0.1) is 0 Å². The molecule has 1 aromatic heterocycles. The van der Waals surface area contributed by atoms with Crippen LogP contribution in [0.1, 0.15) is 11.1 Å². The third-order valence-corrected chi connectivity index (χ3v) is 3.83. The summed E-state index contributed by atoms with van der Waals surface area (Å²) in [5.74, 6) is 0. The largest absolute Gasteiger partial charge is 0.220 e.